The van der Waals surface area contributed by atoms with Crippen LogP contribution in [0, 0.1) is 16.2 Å². The lowest BCUT2D eigenvalue weighted by Gasteiger charge is -2.18. The third-order valence-corrected chi connectivity index (χ3v) is 3.58. The summed E-state index contributed by atoms with van der Waals surface area (Å²) in [5.41, 5.74) is 20.0. The van der Waals surface area contributed by atoms with Crippen molar-refractivity contribution in [2.24, 2.45) is 22.2 Å². The molecule has 0 spiro atoms. The van der Waals surface area contributed by atoms with Crippen molar-refractivity contribution in [1.82, 2.24) is 5.32 Å². The Balaban J connectivity index is 2.30. The van der Waals surface area contributed by atoms with Gasteiger partial charge in [0, 0.05) is 41.9 Å². The molecule has 1 heterocycles. The predicted octanol–water partition coefficient (Wildman–Crippen LogP) is 0.863. The van der Waals surface area contributed by atoms with Crippen LogP contribution in [0.3, 0.4) is 0 Å². The number of allylic oxidation sites excluding steroid dienone is 1. The molecule has 0 atom stereocenters. The molecular formula is C17H20N8. The van der Waals surface area contributed by atoms with Crippen LogP contribution in [0.4, 0.5) is 5.69 Å². The standard InChI is InChI=1S/C17H20N8/c18-4-3-14(21)11-1-2-12-15(5-11)25-17(23)13(16(12)22)9-24-8-10(6-19)7-20/h1-7,9,19,21-22,24H,8,18,20H2,(H2,23,25)/b4-3-,10-7+,13-9+,19-6?,21-14?,22-16?. The molecule has 0 aliphatic carbocycles. The Morgan fingerprint density at radius 2 is 2.04 bits per heavy atom. The second-order valence-electron chi connectivity index (χ2n) is 5.20. The van der Waals surface area contributed by atoms with Crippen LogP contribution in [-0.4, -0.2) is 30.0 Å². The zero-order chi connectivity index (χ0) is 18.4. The van der Waals surface area contributed by atoms with Crippen LogP contribution < -0.4 is 22.5 Å². The van der Waals surface area contributed by atoms with E-state index in [1.54, 1.807) is 24.4 Å². The van der Waals surface area contributed by atoms with Gasteiger partial charge in [0.1, 0.15) is 5.84 Å². The molecule has 8 heteroatoms. The van der Waals surface area contributed by atoms with Gasteiger partial charge >= 0.3 is 0 Å². The largest absolute Gasteiger partial charge is 0.405 e. The van der Waals surface area contributed by atoms with Crippen LogP contribution in [0.1, 0.15) is 11.1 Å². The van der Waals surface area contributed by atoms with Gasteiger partial charge in [0.05, 0.1) is 22.7 Å². The van der Waals surface area contributed by atoms with Crippen molar-refractivity contribution >= 4 is 29.2 Å². The quantitative estimate of drug-likeness (QED) is 0.382. The number of benzene rings is 1. The second kappa shape index (κ2) is 7.73. The van der Waals surface area contributed by atoms with Crippen LogP contribution in [0.25, 0.3) is 0 Å². The maximum atomic E-state index is 8.35. The number of amidine groups is 1. The number of nitrogens with zero attached hydrogens (tertiary/aromatic N) is 1. The maximum absolute atomic E-state index is 8.35. The minimum Gasteiger partial charge on any atom is -0.405 e. The molecular weight excluding hydrogens is 316 g/mol. The average molecular weight is 336 g/mol. The highest BCUT2D eigenvalue weighted by molar-refractivity contribution is 6.32. The zero-order valence-electron chi connectivity index (χ0n) is 13.5. The van der Waals surface area contributed by atoms with Gasteiger partial charge < -0.3 is 33.3 Å². The van der Waals surface area contributed by atoms with Gasteiger partial charge in [-0.2, -0.15) is 0 Å². The Labute approximate surface area is 145 Å². The van der Waals surface area contributed by atoms with Crippen molar-refractivity contribution < 1.29 is 0 Å². The molecule has 0 saturated heterocycles. The highest BCUT2D eigenvalue weighted by Crippen LogP contribution is 2.28. The van der Waals surface area contributed by atoms with Gasteiger partial charge in [-0.15, -0.1) is 0 Å². The summed E-state index contributed by atoms with van der Waals surface area (Å²) in [4.78, 5) is 4.33. The smallest absolute Gasteiger partial charge is 0.135 e. The zero-order valence-corrected chi connectivity index (χ0v) is 13.5. The van der Waals surface area contributed by atoms with Crippen LogP contribution in [0.5, 0.6) is 0 Å². The third-order valence-electron chi connectivity index (χ3n) is 3.58. The molecule has 1 aliphatic heterocycles. The molecule has 0 aromatic heterocycles. The third kappa shape index (κ3) is 3.81. The molecule has 0 amide bonds. The molecule has 1 aromatic carbocycles. The molecule has 128 valence electrons. The molecule has 25 heavy (non-hydrogen) atoms. The molecule has 1 aromatic rings. The summed E-state index contributed by atoms with van der Waals surface area (Å²) in [5.74, 6) is 0.205. The highest BCUT2D eigenvalue weighted by atomic mass is 14.9. The summed E-state index contributed by atoms with van der Waals surface area (Å²) >= 11 is 0. The summed E-state index contributed by atoms with van der Waals surface area (Å²) in [6.07, 6.45) is 6.85. The maximum Gasteiger partial charge on any atom is 0.135 e. The van der Waals surface area contributed by atoms with Crippen LogP contribution in [0.2, 0.25) is 0 Å². The lowest BCUT2D eigenvalue weighted by atomic mass is 9.95. The molecule has 0 saturated carbocycles. The van der Waals surface area contributed by atoms with Crippen molar-refractivity contribution in [3.63, 3.8) is 0 Å². The summed E-state index contributed by atoms with van der Waals surface area (Å²) in [6, 6.07) is 5.17. The van der Waals surface area contributed by atoms with Crippen molar-refractivity contribution in [3.05, 3.63) is 65.1 Å². The van der Waals surface area contributed by atoms with Gasteiger partial charge in [-0.3, -0.25) is 5.41 Å². The van der Waals surface area contributed by atoms with Gasteiger partial charge in [0.15, 0.2) is 0 Å². The number of nitrogens with one attached hydrogen (secondary N) is 4. The van der Waals surface area contributed by atoms with E-state index < -0.39 is 0 Å². The van der Waals surface area contributed by atoms with Gasteiger partial charge in [-0.25, -0.2) is 4.99 Å². The lowest BCUT2D eigenvalue weighted by molar-refractivity contribution is 0.960. The first kappa shape index (κ1) is 17.7. The summed E-state index contributed by atoms with van der Waals surface area (Å²) < 4.78 is 0. The van der Waals surface area contributed by atoms with Gasteiger partial charge in [-0.05, 0) is 24.4 Å². The van der Waals surface area contributed by atoms with E-state index >= 15 is 0 Å². The summed E-state index contributed by atoms with van der Waals surface area (Å²) in [7, 11) is 0. The van der Waals surface area contributed by atoms with Gasteiger partial charge in [-0.1, -0.05) is 6.07 Å². The number of aliphatic imine (C=N–C) groups is 1. The van der Waals surface area contributed by atoms with Crippen molar-refractivity contribution in [2.45, 2.75) is 0 Å². The monoisotopic (exact) mass is 336 g/mol. The molecule has 0 unspecified atom stereocenters. The Hall–Kier alpha value is -3.68. The van der Waals surface area contributed by atoms with E-state index in [4.69, 9.17) is 33.4 Å². The van der Waals surface area contributed by atoms with Crippen LogP contribution in [0.15, 0.2) is 59.0 Å². The molecule has 0 fully saturated rings. The number of hydrogen-bond donors (Lipinski definition) is 7. The summed E-state index contributed by atoms with van der Waals surface area (Å²) in [5, 5.41) is 26.4. The number of rotatable bonds is 6. The Morgan fingerprint density at radius 1 is 1.28 bits per heavy atom. The normalized spacial score (nSPS) is 15.8. The summed E-state index contributed by atoms with van der Waals surface area (Å²) in [6.45, 7) is 0.346. The topological polar surface area (TPSA) is 174 Å². The van der Waals surface area contributed by atoms with Gasteiger partial charge in [0.25, 0.3) is 0 Å². The predicted molar refractivity (Wildman–Crippen MR) is 102 cm³/mol. The molecule has 10 N–H and O–H groups in total. The Morgan fingerprint density at radius 3 is 2.68 bits per heavy atom. The van der Waals surface area contributed by atoms with E-state index in [9.17, 15) is 0 Å². The van der Waals surface area contributed by atoms with Crippen LogP contribution >= 0.6 is 0 Å². The molecule has 0 radical (unpaired) electrons. The first-order valence-electron chi connectivity index (χ1n) is 7.41. The molecule has 8 nitrogen and oxygen atoms in total. The van der Waals surface area contributed by atoms with Crippen LogP contribution in [-0.2, 0) is 0 Å². The Kier molecular flexibility index (Phi) is 5.47. The van der Waals surface area contributed by atoms with E-state index in [1.807, 2.05) is 0 Å². The Bertz CT molecular complexity index is 842. The van der Waals surface area contributed by atoms with Crippen molar-refractivity contribution in [1.29, 1.82) is 16.2 Å². The number of fused-ring (bicyclic) bond motifs is 1. The molecule has 0 bridgehead atoms. The minimum atomic E-state index is 0.205. The van der Waals surface area contributed by atoms with E-state index in [0.29, 0.717) is 34.5 Å². The fourth-order valence-electron chi connectivity index (χ4n) is 2.23. The van der Waals surface area contributed by atoms with E-state index in [-0.39, 0.29) is 17.3 Å². The fourth-order valence-corrected chi connectivity index (χ4v) is 2.23. The highest BCUT2D eigenvalue weighted by Gasteiger charge is 2.21. The fraction of sp³-hybridized carbons (Fsp3) is 0.0588. The van der Waals surface area contributed by atoms with Crippen molar-refractivity contribution in [3.8, 4) is 0 Å². The molecule has 1 aliphatic rings. The molecule has 2 rings (SSSR count). The van der Waals surface area contributed by atoms with E-state index in [1.165, 1.54) is 18.5 Å². The average Bonchev–Trinajstić information content (AvgIpc) is 2.61. The first-order valence-corrected chi connectivity index (χ1v) is 7.41. The van der Waals surface area contributed by atoms with E-state index in [2.05, 4.69) is 10.3 Å². The number of hydrogen-bond acceptors (Lipinski definition) is 8. The lowest BCUT2D eigenvalue weighted by Crippen LogP contribution is -2.27. The number of nitrogens with two attached hydrogens (primary N) is 3. The van der Waals surface area contributed by atoms with E-state index in [0.717, 1.165) is 6.21 Å². The SMILES string of the molecule is N=C/C(=C\N)CN/C=C1\C(=N)c2ccc(C(=N)/C=C\N)cc2N=C1N. The van der Waals surface area contributed by atoms with Crippen molar-refractivity contribution in [2.75, 3.05) is 6.54 Å². The van der Waals surface area contributed by atoms with Gasteiger partial charge in [0.2, 0.25) is 0 Å². The first-order chi connectivity index (χ1) is 12.0. The minimum absolute atomic E-state index is 0.205. The second-order valence-corrected chi connectivity index (χ2v) is 5.20.